The topological polar surface area (TPSA) is 57.6 Å². The summed E-state index contributed by atoms with van der Waals surface area (Å²) in [7, 11) is 0. The number of carbonyl (C=O) groups is 2. The summed E-state index contributed by atoms with van der Waals surface area (Å²) in [5.41, 5.74) is 2.78. The number of fused-ring (bicyclic) bond motifs is 1. The van der Waals surface area contributed by atoms with Gasteiger partial charge in [-0.05, 0) is 56.1 Å². The van der Waals surface area contributed by atoms with Crippen molar-refractivity contribution < 1.29 is 14.7 Å². The molecule has 1 aromatic rings. The molecule has 0 spiro atoms. The number of aliphatic carboxylic acids is 1. The molecule has 4 nitrogen and oxygen atoms in total. The number of hydrogen-bond acceptors (Lipinski definition) is 2. The number of benzene rings is 1. The van der Waals surface area contributed by atoms with Crippen molar-refractivity contribution in [3.05, 3.63) is 35.4 Å². The molecule has 1 aromatic carbocycles. The fourth-order valence-electron chi connectivity index (χ4n) is 4.14. The Morgan fingerprint density at radius 1 is 1.22 bits per heavy atom. The summed E-state index contributed by atoms with van der Waals surface area (Å²) in [6.07, 6.45) is 5.07. The van der Waals surface area contributed by atoms with Crippen LogP contribution < -0.4 is 0 Å². The van der Waals surface area contributed by atoms with Crippen molar-refractivity contribution >= 4 is 11.9 Å². The Morgan fingerprint density at radius 3 is 2.70 bits per heavy atom. The minimum Gasteiger partial charge on any atom is -0.481 e. The lowest BCUT2D eigenvalue weighted by Crippen LogP contribution is -2.49. The van der Waals surface area contributed by atoms with Crippen LogP contribution in [0.25, 0.3) is 0 Å². The van der Waals surface area contributed by atoms with E-state index in [1.807, 2.05) is 11.8 Å². The minimum absolute atomic E-state index is 0.132. The van der Waals surface area contributed by atoms with Crippen LogP contribution >= 0.6 is 0 Å². The minimum atomic E-state index is -0.776. The first-order valence-electron chi connectivity index (χ1n) is 8.65. The van der Waals surface area contributed by atoms with Gasteiger partial charge in [0.05, 0.1) is 5.92 Å². The summed E-state index contributed by atoms with van der Waals surface area (Å²) < 4.78 is 0. The highest BCUT2D eigenvalue weighted by molar-refractivity contribution is 5.79. The van der Waals surface area contributed by atoms with Crippen molar-refractivity contribution in [2.45, 2.75) is 51.5 Å². The molecule has 1 aliphatic carbocycles. The number of carbonyl (C=O) groups excluding carboxylic acids is 1. The maximum absolute atomic E-state index is 12.7. The van der Waals surface area contributed by atoms with E-state index in [2.05, 4.69) is 24.3 Å². The number of rotatable bonds is 3. The largest absolute Gasteiger partial charge is 0.481 e. The van der Waals surface area contributed by atoms with E-state index in [1.165, 1.54) is 11.1 Å². The fraction of sp³-hybridized carbons (Fsp3) is 0.579. The Kier molecular flexibility index (Phi) is 4.69. The molecule has 1 fully saturated rings. The van der Waals surface area contributed by atoms with Crippen LogP contribution in [0.4, 0.5) is 0 Å². The van der Waals surface area contributed by atoms with Crippen LogP contribution in [0.15, 0.2) is 24.3 Å². The van der Waals surface area contributed by atoms with Crippen molar-refractivity contribution in [3.8, 4) is 0 Å². The van der Waals surface area contributed by atoms with E-state index in [1.54, 1.807) is 0 Å². The van der Waals surface area contributed by atoms with E-state index in [4.69, 9.17) is 0 Å². The number of piperidine rings is 1. The molecule has 1 N–H and O–H groups in total. The smallest absolute Gasteiger partial charge is 0.308 e. The van der Waals surface area contributed by atoms with Gasteiger partial charge in [0, 0.05) is 19.0 Å². The zero-order valence-electron chi connectivity index (χ0n) is 13.7. The lowest BCUT2D eigenvalue weighted by molar-refractivity contribution is -0.149. The van der Waals surface area contributed by atoms with E-state index in [-0.39, 0.29) is 11.9 Å². The van der Waals surface area contributed by atoms with Crippen molar-refractivity contribution in [3.63, 3.8) is 0 Å². The van der Waals surface area contributed by atoms with Gasteiger partial charge in [0.15, 0.2) is 0 Å². The van der Waals surface area contributed by atoms with Gasteiger partial charge < -0.3 is 10.0 Å². The number of amides is 1. The molecule has 1 saturated heterocycles. The summed E-state index contributed by atoms with van der Waals surface area (Å²) in [6, 6.07) is 8.29. The zero-order chi connectivity index (χ0) is 16.4. The Morgan fingerprint density at radius 2 is 1.96 bits per heavy atom. The van der Waals surface area contributed by atoms with Gasteiger partial charge in [-0.2, -0.15) is 0 Å². The van der Waals surface area contributed by atoms with Gasteiger partial charge in [-0.15, -0.1) is 0 Å². The first-order chi connectivity index (χ1) is 11.1. The predicted molar refractivity (Wildman–Crippen MR) is 88.1 cm³/mol. The normalized spacial score (nSPS) is 27.3. The van der Waals surface area contributed by atoms with Crippen LogP contribution in [0.1, 0.15) is 43.7 Å². The number of hydrogen-bond donors (Lipinski definition) is 1. The lowest BCUT2D eigenvalue weighted by Gasteiger charge is -2.38. The molecule has 0 bridgehead atoms. The average molecular weight is 315 g/mol. The van der Waals surface area contributed by atoms with Gasteiger partial charge in [0.2, 0.25) is 5.91 Å². The van der Waals surface area contributed by atoms with Crippen molar-refractivity contribution in [1.82, 2.24) is 4.90 Å². The molecule has 2 aliphatic rings. The summed E-state index contributed by atoms with van der Waals surface area (Å²) in [4.78, 5) is 25.8. The van der Waals surface area contributed by atoms with E-state index in [9.17, 15) is 14.7 Å². The third-order valence-corrected chi connectivity index (χ3v) is 5.54. The maximum atomic E-state index is 12.7. The Labute approximate surface area is 137 Å². The summed E-state index contributed by atoms with van der Waals surface area (Å²) in [6.45, 7) is 2.58. The number of carboxylic acid groups (broad SMARTS) is 1. The Bertz CT molecular complexity index is 598. The van der Waals surface area contributed by atoms with E-state index >= 15 is 0 Å². The van der Waals surface area contributed by atoms with Gasteiger partial charge >= 0.3 is 5.97 Å². The molecule has 0 saturated carbocycles. The first-order valence-corrected chi connectivity index (χ1v) is 8.65. The van der Waals surface area contributed by atoms with Crippen molar-refractivity contribution in [2.75, 3.05) is 6.54 Å². The molecule has 0 radical (unpaired) electrons. The van der Waals surface area contributed by atoms with Gasteiger partial charge in [-0.25, -0.2) is 0 Å². The second kappa shape index (κ2) is 6.73. The standard InChI is InChI=1S/C19H25NO3/c1-13-17(19(22)23)7-4-10-20(13)18(21)12-14-8-9-15-5-2-3-6-16(15)11-14/h2-3,5-6,13-14,17H,4,7-12H2,1H3,(H,22,23)/t13-,14?,17-/m1/s1. The molecular formula is C19H25NO3. The van der Waals surface area contributed by atoms with Crippen LogP contribution in [0.5, 0.6) is 0 Å². The molecule has 0 aromatic heterocycles. The molecule has 1 amide bonds. The second-order valence-corrected chi connectivity index (χ2v) is 7.00. The average Bonchev–Trinajstić information content (AvgIpc) is 2.54. The summed E-state index contributed by atoms with van der Waals surface area (Å²) in [5.74, 6) is -0.677. The molecule has 1 aliphatic heterocycles. The fourth-order valence-corrected chi connectivity index (χ4v) is 4.14. The summed E-state index contributed by atoms with van der Waals surface area (Å²) in [5, 5.41) is 9.30. The van der Waals surface area contributed by atoms with Gasteiger partial charge in [0.1, 0.15) is 0 Å². The number of aryl methyl sites for hydroxylation is 1. The molecule has 3 atom stereocenters. The number of likely N-dealkylation sites (tertiary alicyclic amines) is 1. The maximum Gasteiger partial charge on any atom is 0.308 e. The van der Waals surface area contributed by atoms with E-state index < -0.39 is 11.9 Å². The Balaban J connectivity index is 1.62. The highest BCUT2D eigenvalue weighted by Crippen LogP contribution is 2.30. The van der Waals surface area contributed by atoms with Gasteiger partial charge in [-0.3, -0.25) is 9.59 Å². The molecule has 1 unspecified atom stereocenters. The van der Waals surface area contributed by atoms with Crippen LogP contribution in [0, 0.1) is 11.8 Å². The van der Waals surface area contributed by atoms with Gasteiger partial charge in [-0.1, -0.05) is 24.3 Å². The van der Waals surface area contributed by atoms with E-state index in [0.29, 0.717) is 25.3 Å². The third-order valence-electron chi connectivity index (χ3n) is 5.54. The number of nitrogens with zero attached hydrogens (tertiary/aromatic N) is 1. The molecular weight excluding hydrogens is 290 g/mol. The summed E-state index contributed by atoms with van der Waals surface area (Å²) >= 11 is 0. The SMILES string of the molecule is C[C@@H]1[C@H](C(=O)O)CCCN1C(=O)CC1CCc2ccccc2C1. The van der Waals surface area contributed by atoms with Crippen molar-refractivity contribution in [1.29, 1.82) is 0 Å². The van der Waals surface area contributed by atoms with Crippen molar-refractivity contribution in [2.24, 2.45) is 11.8 Å². The highest BCUT2D eigenvalue weighted by Gasteiger charge is 2.36. The molecule has 1 heterocycles. The lowest BCUT2D eigenvalue weighted by atomic mass is 9.81. The van der Waals surface area contributed by atoms with Crippen LogP contribution in [0.3, 0.4) is 0 Å². The molecule has 3 rings (SSSR count). The quantitative estimate of drug-likeness (QED) is 0.933. The molecule has 124 valence electrons. The monoisotopic (exact) mass is 315 g/mol. The predicted octanol–water partition coefficient (Wildman–Crippen LogP) is 2.89. The molecule has 4 heteroatoms. The highest BCUT2D eigenvalue weighted by atomic mass is 16.4. The van der Waals surface area contributed by atoms with Crippen LogP contribution in [0.2, 0.25) is 0 Å². The number of carboxylic acids is 1. The van der Waals surface area contributed by atoms with E-state index in [0.717, 1.165) is 25.7 Å². The van der Waals surface area contributed by atoms with Gasteiger partial charge in [0.25, 0.3) is 0 Å². The van der Waals surface area contributed by atoms with Crippen LogP contribution in [-0.2, 0) is 22.4 Å². The Hall–Kier alpha value is -1.84. The van der Waals surface area contributed by atoms with Crippen LogP contribution in [-0.4, -0.2) is 34.5 Å². The third kappa shape index (κ3) is 3.41. The second-order valence-electron chi connectivity index (χ2n) is 7.00. The first kappa shape index (κ1) is 16.0. The molecule has 23 heavy (non-hydrogen) atoms. The zero-order valence-corrected chi connectivity index (χ0v) is 13.7.